The van der Waals surface area contributed by atoms with Gasteiger partial charge in [0.2, 0.25) is 11.7 Å². The molecule has 1 saturated heterocycles. The van der Waals surface area contributed by atoms with Gasteiger partial charge in [-0.2, -0.15) is 4.98 Å². The molecule has 1 aliphatic heterocycles. The van der Waals surface area contributed by atoms with Crippen LogP contribution in [0.2, 0.25) is 0 Å². The van der Waals surface area contributed by atoms with Crippen molar-refractivity contribution in [2.45, 2.75) is 69.6 Å². The molecule has 2 aliphatic rings. The summed E-state index contributed by atoms with van der Waals surface area (Å²) in [7, 11) is 0. The van der Waals surface area contributed by atoms with Gasteiger partial charge in [0.05, 0.1) is 12.1 Å². The second-order valence-electron chi connectivity index (χ2n) is 6.15. The molecular weight excluding hydrogens is 270 g/mol. The van der Waals surface area contributed by atoms with Crippen molar-refractivity contribution in [1.29, 1.82) is 0 Å². The molecule has 6 heteroatoms. The Labute approximate surface area is 125 Å². The third-order valence-corrected chi connectivity index (χ3v) is 4.59. The van der Waals surface area contributed by atoms with Gasteiger partial charge in [-0.05, 0) is 26.2 Å². The zero-order valence-corrected chi connectivity index (χ0v) is 12.7. The average molecular weight is 295 g/mol. The number of aliphatic hydroxyl groups excluding tert-OH is 1. The number of aliphatic hydroxyl groups is 1. The average Bonchev–Trinajstić information content (AvgIpc) is 3.06. The van der Waals surface area contributed by atoms with Gasteiger partial charge in [-0.15, -0.1) is 0 Å². The summed E-state index contributed by atoms with van der Waals surface area (Å²) in [4.78, 5) is 4.61. The van der Waals surface area contributed by atoms with Crippen LogP contribution < -0.4 is 5.32 Å². The molecule has 1 aromatic rings. The number of rotatable bonds is 4. The summed E-state index contributed by atoms with van der Waals surface area (Å²) in [5.41, 5.74) is -0.385. The standard InChI is InChI=1S/C15H25N3O3/c1-2-20-15(7-5-3-4-6-8-15)14-17-13(21-18-14)12-9-11(19)10-16-12/h11-12,16,19H,2-10H2,1H3. The molecule has 1 aromatic heterocycles. The van der Waals surface area contributed by atoms with E-state index >= 15 is 0 Å². The van der Waals surface area contributed by atoms with E-state index in [1.165, 1.54) is 12.8 Å². The first-order valence-electron chi connectivity index (χ1n) is 8.13. The molecular formula is C15H25N3O3. The van der Waals surface area contributed by atoms with Crippen LogP contribution in [0, 0.1) is 0 Å². The Bertz CT molecular complexity index is 455. The summed E-state index contributed by atoms with van der Waals surface area (Å²) in [6, 6.07) is -0.0364. The van der Waals surface area contributed by atoms with Crippen molar-refractivity contribution >= 4 is 0 Å². The molecule has 2 N–H and O–H groups in total. The lowest BCUT2D eigenvalue weighted by molar-refractivity contribution is -0.0636. The topological polar surface area (TPSA) is 80.4 Å². The Hall–Kier alpha value is -0.980. The first-order valence-corrected chi connectivity index (χ1v) is 8.13. The Kier molecular flexibility index (Phi) is 4.57. The lowest BCUT2D eigenvalue weighted by atomic mass is 9.93. The molecule has 2 fully saturated rings. The second kappa shape index (κ2) is 6.42. The van der Waals surface area contributed by atoms with Crippen LogP contribution in [-0.4, -0.2) is 34.5 Å². The summed E-state index contributed by atoms with van der Waals surface area (Å²) < 4.78 is 11.5. The Morgan fingerprint density at radius 2 is 2.10 bits per heavy atom. The minimum absolute atomic E-state index is 0.0364. The molecule has 0 aromatic carbocycles. The van der Waals surface area contributed by atoms with Crippen LogP contribution in [0.25, 0.3) is 0 Å². The van der Waals surface area contributed by atoms with Crippen LogP contribution in [0.3, 0.4) is 0 Å². The highest BCUT2D eigenvalue weighted by Crippen LogP contribution is 2.38. The summed E-state index contributed by atoms with van der Waals surface area (Å²) >= 11 is 0. The highest BCUT2D eigenvalue weighted by Gasteiger charge is 2.39. The fourth-order valence-corrected chi connectivity index (χ4v) is 3.48. The minimum Gasteiger partial charge on any atom is -0.392 e. The zero-order valence-electron chi connectivity index (χ0n) is 12.7. The van der Waals surface area contributed by atoms with Crippen molar-refractivity contribution in [3.8, 4) is 0 Å². The van der Waals surface area contributed by atoms with Gasteiger partial charge in [-0.1, -0.05) is 30.8 Å². The van der Waals surface area contributed by atoms with Crippen LogP contribution in [0.4, 0.5) is 0 Å². The van der Waals surface area contributed by atoms with E-state index in [9.17, 15) is 5.11 Å². The summed E-state index contributed by atoms with van der Waals surface area (Å²) in [5.74, 6) is 1.26. The van der Waals surface area contributed by atoms with Crippen LogP contribution in [0.1, 0.15) is 69.6 Å². The van der Waals surface area contributed by atoms with Crippen molar-refractivity contribution in [1.82, 2.24) is 15.5 Å². The van der Waals surface area contributed by atoms with Crippen LogP contribution >= 0.6 is 0 Å². The first-order chi connectivity index (χ1) is 10.2. The number of nitrogens with zero attached hydrogens (tertiary/aromatic N) is 2. The van der Waals surface area contributed by atoms with Crippen LogP contribution in [-0.2, 0) is 10.3 Å². The third kappa shape index (κ3) is 3.12. The van der Waals surface area contributed by atoms with Crippen LogP contribution in [0.15, 0.2) is 4.52 Å². The zero-order chi connectivity index (χ0) is 14.7. The number of ether oxygens (including phenoxy) is 1. The number of hydrogen-bond donors (Lipinski definition) is 2. The molecule has 1 aliphatic carbocycles. The van der Waals surface area contributed by atoms with Crippen molar-refractivity contribution in [3.63, 3.8) is 0 Å². The predicted molar refractivity (Wildman–Crippen MR) is 76.7 cm³/mol. The van der Waals surface area contributed by atoms with Gasteiger partial charge < -0.3 is 19.7 Å². The second-order valence-corrected chi connectivity index (χ2v) is 6.15. The highest BCUT2D eigenvalue weighted by molar-refractivity contribution is 5.06. The fourth-order valence-electron chi connectivity index (χ4n) is 3.48. The molecule has 0 spiro atoms. The summed E-state index contributed by atoms with van der Waals surface area (Å²) in [6.45, 7) is 3.26. The SMILES string of the molecule is CCOC1(c2noc(C3CC(O)CN3)n2)CCCCCC1. The molecule has 0 bridgehead atoms. The maximum atomic E-state index is 9.61. The van der Waals surface area contributed by atoms with Crippen molar-refractivity contribution in [2.75, 3.05) is 13.2 Å². The van der Waals surface area contributed by atoms with E-state index in [1.54, 1.807) is 0 Å². The molecule has 118 valence electrons. The molecule has 6 nitrogen and oxygen atoms in total. The van der Waals surface area contributed by atoms with E-state index in [-0.39, 0.29) is 17.7 Å². The lowest BCUT2D eigenvalue weighted by Crippen LogP contribution is -2.31. The Balaban J connectivity index is 1.81. The number of aromatic nitrogens is 2. The number of β-amino-alcohol motifs (C(OH)–C–C–N with tert-alkyl or cyclic N) is 1. The van der Waals surface area contributed by atoms with E-state index in [2.05, 4.69) is 15.5 Å². The van der Waals surface area contributed by atoms with E-state index in [0.717, 1.165) is 25.7 Å². The fraction of sp³-hybridized carbons (Fsp3) is 0.867. The van der Waals surface area contributed by atoms with Crippen molar-refractivity contribution < 1.29 is 14.4 Å². The van der Waals surface area contributed by atoms with E-state index in [0.29, 0.717) is 31.3 Å². The van der Waals surface area contributed by atoms with Gasteiger partial charge in [-0.25, -0.2) is 0 Å². The molecule has 2 unspecified atom stereocenters. The monoisotopic (exact) mass is 295 g/mol. The van der Waals surface area contributed by atoms with Gasteiger partial charge in [-0.3, -0.25) is 0 Å². The van der Waals surface area contributed by atoms with E-state index in [4.69, 9.17) is 9.26 Å². The van der Waals surface area contributed by atoms with Gasteiger partial charge in [0.25, 0.3) is 0 Å². The Morgan fingerprint density at radius 1 is 1.33 bits per heavy atom. The molecule has 3 rings (SSSR count). The molecule has 0 radical (unpaired) electrons. The third-order valence-electron chi connectivity index (χ3n) is 4.59. The minimum atomic E-state index is -0.385. The van der Waals surface area contributed by atoms with Crippen LogP contribution in [0.5, 0.6) is 0 Å². The highest BCUT2D eigenvalue weighted by atomic mass is 16.5. The molecule has 1 saturated carbocycles. The van der Waals surface area contributed by atoms with E-state index in [1.807, 2.05) is 6.92 Å². The molecule has 0 amide bonds. The maximum Gasteiger partial charge on any atom is 0.243 e. The molecule has 2 atom stereocenters. The first kappa shape index (κ1) is 14.9. The summed E-state index contributed by atoms with van der Waals surface area (Å²) in [6.07, 6.45) is 6.99. The van der Waals surface area contributed by atoms with Gasteiger partial charge in [0.1, 0.15) is 5.60 Å². The predicted octanol–water partition coefficient (Wildman–Crippen LogP) is 2.05. The maximum absolute atomic E-state index is 9.61. The number of hydrogen-bond acceptors (Lipinski definition) is 6. The lowest BCUT2D eigenvalue weighted by Gasteiger charge is -2.29. The number of nitrogens with one attached hydrogen (secondary N) is 1. The van der Waals surface area contributed by atoms with E-state index < -0.39 is 0 Å². The van der Waals surface area contributed by atoms with Gasteiger partial charge >= 0.3 is 0 Å². The van der Waals surface area contributed by atoms with Crippen molar-refractivity contribution in [3.05, 3.63) is 11.7 Å². The van der Waals surface area contributed by atoms with Gasteiger partial charge in [0.15, 0.2) is 0 Å². The largest absolute Gasteiger partial charge is 0.392 e. The quantitative estimate of drug-likeness (QED) is 0.828. The normalized spacial score (nSPS) is 29.4. The molecule has 2 heterocycles. The summed E-state index contributed by atoms with van der Waals surface area (Å²) in [5, 5.41) is 17.0. The Morgan fingerprint density at radius 3 is 2.71 bits per heavy atom. The van der Waals surface area contributed by atoms with Gasteiger partial charge in [0, 0.05) is 13.2 Å². The molecule has 21 heavy (non-hydrogen) atoms. The smallest absolute Gasteiger partial charge is 0.243 e. The van der Waals surface area contributed by atoms with Crippen molar-refractivity contribution in [2.24, 2.45) is 0 Å².